The number of hydrogen-bond donors (Lipinski definition) is 2. The maximum absolute atomic E-state index is 12.3. The number of carbonyl (C=O) groups excluding carboxylic acids is 1. The van der Waals surface area contributed by atoms with Crippen LogP contribution in [0.1, 0.15) is 39.0 Å². The first kappa shape index (κ1) is 22.2. The third-order valence-electron chi connectivity index (χ3n) is 5.62. The highest BCUT2D eigenvalue weighted by molar-refractivity contribution is 5.78. The number of benzene rings is 1. The molecule has 164 valence electrons. The summed E-state index contributed by atoms with van der Waals surface area (Å²) in [6, 6.07) is 9.30. The highest BCUT2D eigenvalue weighted by Crippen LogP contribution is 2.19. The van der Waals surface area contributed by atoms with Crippen LogP contribution in [-0.2, 0) is 11.3 Å². The van der Waals surface area contributed by atoms with Gasteiger partial charge in [0.2, 0.25) is 5.91 Å². The van der Waals surface area contributed by atoms with Crippen LogP contribution in [0.15, 0.2) is 39.6 Å². The molecule has 1 aromatic heterocycles. The van der Waals surface area contributed by atoms with E-state index in [4.69, 9.17) is 4.52 Å². The van der Waals surface area contributed by atoms with Gasteiger partial charge >= 0.3 is 5.76 Å². The lowest BCUT2D eigenvalue weighted by atomic mass is 9.95. The van der Waals surface area contributed by atoms with E-state index < -0.39 is 11.9 Å². The Kier molecular flexibility index (Phi) is 8.21. The molecule has 3 rings (SSSR count). The summed E-state index contributed by atoms with van der Waals surface area (Å²) in [5, 5.41) is 17.5. The van der Waals surface area contributed by atoms with E-state index >= 15 is 0 Å². The summed E-state index contributed by atoms with van der Waals surface area (Å²) in [4.78, 5) is 26.5. The Morgan fingerprint density at radius 3 is 2.67 bits per heavy atom. The molecule has 1 unspecified atom stereocenters. The molecule has 1 amide bonds. The average molecular weight is 417 g/mol. The van der Waals surface area contributed by atoms with Gasteiger partial charge in [-0.05, 0) is 32.4 Å². The van der Waals surface area contributed by atoms with Gasteiger partial charge in [0.25, 0.3) is 0 Å². The Bertz CT molecular complexity index is 840. The predicted molar refractivity (Wildman–Crippen MR) is 114 cm³/mol. The molecule has 2 heterocycles. The number of hydrogen-bond acceptors (Lipinski definition) is 6. The van der Waals surface area contributed by atoms with E-state index in [1.165, 1.54) is 4.57 Å². The summed E-state index contributed by atoms with van der Waals surface area (Å²) in [5.74, 6) is 0.0321. The van der Waals surface area contributed by atoms with Crippen LogP contribution in [0.3, 0.4) is 0 Å². The zero-order chi connectivity index (χ0) is 21.3. The molecule has 2 aromatic rings. The second kappa shape index (κ2) is 11.1. The Morgan fingerprint density at radius 2 is 1.97 bits per heavy atom. The number of nitrogens with one attached hydrogen (secondary N) is 1. The minimum Gasteiger partial charge on any atom is -0.390 e. The van der Waals surface area contributed by atoms with E-state index in [-0.39, 0.29) is 18.4 Å². The number of nitrogens with zero attached hydrogens (tertiary/aromatic N) is 3. The molecule has 8 nitrogen and oxygen atoms in total. The Hall–Kier alpha value is -2.45. The maximum atomic E-state index is 12.3. The summed E-state index contributed by atoms with van der Waals surface area (Å²) >= 11 is 0. The second-order valence-electron chi connectivity index (χ2n) is 7.98. The summed E-state index contributed by atoms with van der Waals surface area (Å²) < 4.78 is 6.19. The lowest BCUT2D eigenvalue weighted by molar-refractivity contribution is -0.126. The fourth-order valence-electron chi connectivity index (χ4n) is 3.90. The molecular weight excluding hydrogens is 384 g/mol. The van der Waals surface area contributed by atoms with Gasteiger partial charge in [-0.2, -0.15) is 0 Å². The highest BCUT2D eigenvalue weighted by Gasteiger charge is 2.26. The quantitative estimate of drug-likeness (QED) is 0.574. The Morgan fingerprint density at radius 1 is 1.23 bits per heavy atom. The van der Waals surface area contributed by atoms with E-state index in [9.17, 15) is 14.7 Å². The van der Waals surface area contributed by atoms with Crippen LogP contribution in [0.4, 0.5) is 0 Å². The topological polar surface area (TPSA) is 101 Å². The second-order valence-corrected chi connectivity index (χ2v) is 7.98. The van der Waals surface area contributed by atoms with Crippen LogP contribution in [0, 0.1) is 5.92 Å². The van der Waals surface area contributed by atoms with Gasteiger partial charge in [0.1, 0.15) is 0 Å². The van der Waals surface area contributed by atoms with Crippen molar-refractivity contribution in [3.63, 3.8) is 0 Å². The molecular formula is C22H32N4O4. The lowest BCUT2D eigenvalue weighted by Crippen LogP contribution is -2.44. The third kappa shape index (κ3) is 6.03. The van der Waals surface area contributed by atoms with E-state index in [1.54, 1.807) is 0 Å². The summed E-state index contributed by atoms with van der Waals surface area (Å²) in [7, 11) is 0. The molecule has 0 bridgehead atoms. The molecule has 1 aliphatic heterocycles. The van der Waals surface area contributed by atoms with Crippen molar-refractivity contribution in [1.29, 1.82) is 0 Å². The van der Waals surface area contributed by atoms with Crippen molar-refractivity contribution in [2.45, 2.75) is 51.7 Å². The van der Waals surface area contributed by atoms with Crippen LogP contribution in [0.5, 0.6) is 0 Å². The molecule has 0 radical (unpaired) electrons. The smallest absolute Gasteiger partial charge is 0.390 e. The summed E-state index contributed by atoms with van der Waals surface area (Å²) in [6.45, 7) is 4.97. The van der Waals surface area contributed by atoms with Crippen LogP contribution >= 0.6 is 0 Å². The minimum absolute atomic E-state index is 0.0467. The number of aliphatic hydroxyl groups is 1. The number of β-amino-alcohol motifs (C(OH)–C–C–N with tert-alkyl or cyclic N) is 1. The largest absolute Gasteiger partial charge is 0.441 e. The first-order chi connectivity index (χ1) is 14.6. The number of amides is 1. The number of carbonyl (C=O) groups is 1. The zero-order valence-electron chi connectivity index (χ0n) is 17.6. The molecule has 0 spiro atoms. The number of piperidine rings is 1. The average Bonchev–Trinajstić information content (AvgIpc) is 3.12. The third-order valence-corrected chi connectivity index (χ3v) is 5.62. The van der Waals surface area contributed by atoms with Crippen molar-refractivity contribution in [2.75, 3.05) is 26.2 Å². The number of aliphatic hydroxyl groups excluding tert-OH is 1. The van der Waals surface area contributed by atoms with Gasteiger partial charge in [0.05, 0.1) is 12.6 Å². The van der Waals surface area contributed by atoms with Crippen molar-refractivity contribution in [3.05, 3.63) is 40.9 Å². The van der Waals surface area contributed by atoms with Crippen molar-refractivity contribution in [2.24, 2.45) is 5.92 Å². The molecule has 30 heavy (non-hydrogen) atoms. The fraction of sp³-hybridized carbons (Fsp3) is 0.591. The molecule has 1 atom stereocenters. The number of likely N-dealkylation sites (tertiary alicyclic amines) is 1. The predicted octanol–water partition coefficient (Wildman–Crippen LogP) is 1.88. The van der Waals surface area contributed by atoms with Crippen LogP contribution in [0.25, 0.3) is 11.4 Å². The van der Waals surface area contributed by atoms with E-state index in [0.717, 1.165) is 57.3 Å². The lowest BCUT2D eigenvalue weighted by Gasteiger charge is -2.32. The Balaban J connectivity index is 1.47. The number of aromatic nitrogens is 2. The molecule has 2 N–H and O–H groups in total. The molecule has 0 saturated carbocycles. The first-order valence-corrected chi connectivity index (χ1v) is 10.9. The maximum Gasteiger partial charge on any atom is 0.441 e. The number of unbranched alkanes of at least 4 members (excludes halogenated alkanes) is 2. The molecule has 1 saturated heterocycles. The van der Waals surface area contributed by atoms with Crippen molar-refractivity contribution in [3.8, 4) is 11.4 Å². The van der Waals surface area contributed by atoms with Gasteiger partial charge in [0.15, 0.2) is 5.82 Å². The van der Waals surface area contributed by atoms with Gasteiger partial charge < -0.3 is 15.3 Å². The van der Waals surface area contributed by atoms with E-state index in [2.05, 4.69) is 22.3 Å². The molecule has 1 aromatic carbocycles. The van der Waals surface area contributed by atoms with Crippen molar-refractivity contribution in [1.82, 2.24) is 19.9 Å². The molecule has 1 fully saturated rings. The fourth-order valence-corrected chi connectivity index (χ4v) is 3.90. The molecule has 1 aliphatic rings. The molecule has 8 heteroatoms. The van der Waals surface area contributed by atoms with Gasteiger partial charge in [0, 0.05) is 24.6 Å². The normalized spacial score (nSPS) is 16.5. The summed E-state index contributed by atoms with van der Waals surface area (Å²) in [5.41, 5.74) is 0.765. The summed E-state index contributed by atoms with van der Waals surface area (Å²) in [6.07, 6.45) is 4.15. The van der Waals surface area contributed by atoms with Crippen LogP contribution < -0.4 is 11.1 Å². The molecule has 0 aliphatic carbocycles. The van der Waals surface area contributed by atoms with Crippen LogP contribution in [-0.4, -0.2) is 57.9 Å². The van der Waals surface area contributed by atoms with Gasteiger partial charge in [-0.25, -0.2) is 4.79 Å². The van der Waals surface area contributed by atoms with Crippen LogP contribution in [0.2, 0.25) is 0 Å². The van der Waals surface area contributed by atoms with E-state index in [1.807, 2.05) is 30.3 Å². The Labute approximate surface area is 176 Å². The van der Waals surface area contributed by atoms with Gasteiger partial charge in [-0.1, -0.05) is 55.3 Å². The van der Waals surface area contributed by atoms with Crippen molar-refractivity contribution >= 4 is 5.91 Å². The monoisotopic (exact) mass is 416 g/mol. The van der Waals surface area contributed by atoms with Crippen molar-refractivity contribution < 1.29 is 14.4 Å². The first-order valence-electron chi connectivity index (χ1n) is 10.9. The highest BCUT2D eigenvalue weighted by atomic mass is 16.5. The standard InChI is InChI=1S/C22H32N4O4/c1-2-3-7-12-23-21(28)18-10-13-25(14-11-18)15-19(27)16-26-20(24-30-22(26)29)17-8-5-4-6-9-17/h4-6,8-9,18-19,27H,2-3,7,10-16H2,1H3,(H,23,28). The minimum atomic E-state index is -0.732. The van der Waals surface area contributed by atoms with Gasteiger partial charge in [-0.3, -0.25) is 13.9 Å². The SMILES string of the molecule is CCCCCNC(=O)C1CCN(CC(O)Cn2c(-c3ccccc3)noc2=O)CC1. The number of rotatable bonds is 10. The zero-order valence-corrected chi connectivity index (χ0v) is 17.6. The van der Waals surface area contributed by atoms with Gasteiger partial charge in [-0.15, -0.1) is 0 Å². The van der Waals surface area contributed by atoms with E-state index in [0.29, 0.717) is 12.4 Å².